The van der Waals surface area contributed by atoms with E-state index in [1.165, 1.54) is 0 Å². The van der Waals surface area contributed by atoms with Crippen LogP contribution in [0, 0.1) is 0 Å². The van der Waals surface area contributed by atoms with Crippen molar-refractivity contribution < 1.29 is 28.6 Å². The van der Waals surface area contributed by atoms with Gasteiger partial charge in [-0.2, -0.15) is 0 Å². The van der Waals surface area contributed by atoms with Crippen LogP contribution in [0.2, 0.25) is 0 Å². The molecule has 8 heteroatoms. The van der Waals surface area contributed by atoms with E-state index < -0.39 is 11.9 Å². The molecule has 1 saturated carbocycles. The van der Waals surface area contributed by atoms with Gasteiger partial charge >= 0.3 is 5.97 Å². The number of hydrogen-bond acceptors (Lipinski definition) is 6. The summed E-state index contributed by atoms with van der Waals surface area (Å²) in [6.07, 6.45) is 1.87. The molecule has 2 amide bonds. The number of benzene rings is 2. The standard InChI is InChI=1S/C24H28N2O6/c1-3-31-21-7-5-4-6-20(21)24(29)25-14-23(28)32-16-22(27)26(18-10-11-18)15-17-8-12-19(30-2)13-9-17/h4-9,12-13,18H,3,10-11,14-16H2,1-2H3,(H,25,29). The Hall–Kier alpha value is -3.55. The number of methoxy groups -OCH3 is 1. The molecule has 3 rings (SSSR count). The number of carbonyl (C=O) groups excluding carboxylic acids is 3. The van der Waals surface area contributed by atoms with Gasteiger partial charge in [0.2, 0.25) is 0 Å². The molecule has 0 unspecified atom stereocenters. The van der Waals surface area contributed by atoms with E-state index in [1.54, 1.807) is 36.3 Å². The zero-order chi connectivity index (χ0) is 22.9. The predicted octanol–water partition coefficient (Wildman–Crippen LogP) is 2.56. The van der Waals surface area contributed by atoms with Gasteiger partial charge in [-0.1, -0.05) is 24.3 Å². The van der Waals surface area contributed by atoms with E-state index in [0.717, 1.165) is 24.2 Å². The van der Waals surface area contributed by atoms with Crippen LogP contribution in [-0.4, -0.2) is 55.6 Å². The highest BCUT2D eigenvalue weighted by Gasteiger charge is 2.33. The summed E-state index contributed by atoms with van der Waals surface area (Å²) >= 11 is 0. The van der Waals surface area contributed by atoms with Crippen molar-refractivity contribution in [1.29, 1.82) is 0 Å². The van der Waals surface area contributed by atoms with E-state index in [1.807, 2.05) is 31.2 Å². The van der Waals surface area contributed by atoms with E-state index in [2.05, 4.69) is 5.32 Å². The maximum atomic E-state index is 12.7. The molecule has 1 fully saturated rings. The predicted molar refractivity (Wildman–Crippen MR) is 117 cm³/mol. The third-order valence-electron chi connectivity index (χ3n) is 5.00. The smallest absolute Gasteiger partial charge is 0.325 e. The molecule has 170 valence electrons. The quantitative estimate of drug-likeness (QED) is 0.540. The Morgan fingerprint density at radius 3 is 2.44 bits per heavy atom. The Labute approximate surface area is 187 Å². The first-order valence-electron chi connectivity index (χ1n) is 10.6. The van der Waals surface area contributed by atoms with Gasteiger partial charge in [0.25, 0.3) is 11.8 Å². The fraction of sp³-hybridized carbons (Fsp3) is 0.375. The molecular formula is C24H28N2O6. The van der Waals surface area contributed by atoms with Crippen LogP contribution in [0.15, 0.2) is 48.5 Å². The Morgan fingerprint density at radius 2 is 1.78 bits per heavy atom. The van der Waals surface area contributed by atoms with Crippen molar-refractivity contribution in [3.63, 3.8) is 0 Å². The maximum Gasteiger partial charge on any atom is 0.325 e. The van der Waals surface area contributed by atoms with Crippen LogP contribution in [0.4, 0.5) is 0 Å². The number of amides is 2. The van der Waals surface area contributed by atoms with Crippen molar-refractivity contribution in [3.05, 3.63) is 59.7 Å². The summed E-state index contributed by atoms with van der Waals surface area (Å²) in [5.74, 6) is -0.200. The first-order chi connectivity index (χ1) is 15.5. The van der Waals surface area contributed by atoms with Gasteiger partial charge in [0.1, 0.15) is 18.0 Å². The lowest BCUT2D eigenvalue weighted by Crippen LogP contribution is -2.37. The van der Waals surface area contributed by atoms with Crippen LogP contribution in [0.3, 0.4) is 0 Å². The molecule has 32 heavy (non-hydrogen) atoms. The molecule has 0 heterocycles. The lowest BCUT2D eigenvalue weighted by molar-refractivity contribution is -0.151. The molecule has 1 aliphatic carbocycles. The van der Waals surface area contributed by atoms with E-state index in [0.29, 0.717) is 24.5 Å². The van der Waals surface area contributed by atoms with E-state index >= 15 is 0 Å². The highest BCUT2D eigenvalue weighted by molar-refractivity contribution is 5.98. The Kier molecular flexibility index (Phi) is 8.08. The van der Waals surface area contributed by atoms with Gasteiger partial charge in [-0.25, -0.2) is 0 Å². The molecule has 8 nitrogen and oxygen atoms in total. The summed E-state index contributed by atoms with van der Waals surface area (Å²) in [5, 5.41) is 2.51. The van der Waals surface area contributed by atoms with E-state index in [4.69, 9.17) is 14.2 Å². The molecule has 1 N–H and O–H groups in total. The molecule has 0 aliphatic heterocycles. The molecule has 0 spiro atoms. The first-order valence-corrected chi connectivity index (χ1v) is 10.6. The normalized spacial score (nSPS) is 12.6. The minimum atomic E-state index is -0.680. The second-order valence-electron chi connectivity index (χ2n) is 7.37. The van der Waals surface area contributed by atoms with Crippen molar-refractivity contribution in [2.24, 2.45) is 0 Å². The fourth-order valence-electron chi connectivity index (χ4n) is 3.19. The summed E-state index contributed by atoms with van der Waals surface area (Å²) < 4.78 is 15.7. The molecule has 0 bridgehead atoms. The zero-order valence-corrected chi connectivity index (χ0v) is 18.3. The molecule has 0 atom stereocenters. The van der Waals surface area contributed by atoms with Gasteiger partial charge < -0.3 is 24.4 Å². The highest BCUT2D eigenvalue weighted by atomic mass is 16.5. The van der Waals surface area contributed by atoms with Crippen molar-refractivity contribution >= 4 is 17.8 Å². The van der Waals surface area contributed by atoms with Gasteiger partial charge in [-0.3, -0.25) is 14.4 Å². The molecule has 2 aromatic carbocycles. The minimum Gasteiger partial charge on any atom is -0.497 e. The highest BCUT2D eigenvalue weighted by Crippen LogP contribution is 2.29. The first kappa shape index (κ1) is 23.1. The van der Waals surface area contributed by atoms with Gasteiger partial charge in [-0.05, 0) is 49.6 Å². The summed E-state index contributed by atoms with van der Waals surface area (Å²) in [4.78, 5) is 38.8. The Bertz CT molecular complexity index is 940. The maximum absolute atomic E-state index is 12.7. The number of rotatable bonds is 11. The van der Waals surface area contributed by atoms with Gasteiger partial charge in [-0.15, -0.1) is 0 Å². The third kappa shape index (κ3) is 6.47. The number of esters is 1. The topological polar surface area (TPSA) is 94.2 Å². The van der Waals surface area contributed by atoms with Crippen molar-refractivity contribution in [2.45, 2.75) is 32.4 Å². The number of carbonyl (C=O) groups is 3. The van der Waals surface area contributed by atoms with Crippen molar-refractivity contribution in [3.8, 4) is 11.5 Å². The number of nitrogens with one attached hydrogen (secondary N) is 1. The van der Waals surface area contributed by atoms with Gasteiger partial charge in [0.15, 0.2) is 6.61 Å². The lowest BCUT2D eigenvalue weighted by atomic mass is 10.2. The van der Waals surface area contributed by atoms with Crippen molar-refractivity contribution in [2.75, 3.05) is 26.9 Å². The van der Waals surface area contributed by atoms with Crippen LogP contribution < -0.4 is 14.8 Å². The third-order valence-corrected chi connectivity index (χ3v) is 5.00. The number of para-hydroxylation sites is 1. The van der Waals surface area contributed by atoms with Crippen LogP contribution >= 0.6 is 0 Å². The fourth-order valence-corrected chi connectivity index (χ4v) is 3.19. The monoisotopic (exact) mass is 440 g/mol. The Morgan fingerprint density at radius 1 is 1.06 bits per heavy atom. The number of ether oxygens (including phenoxy) is 3. The summed E-state index contributed by atoms with van der Waals surface area (Å²) in [6.45, 7) is 1.98. The number of nitrogens with zero attached hydrogens (tertiary/aromatic N) is 1. The second-order valence-corrected chi connectivity index (χ2v) is 7.37. The lowest BCUT2D eigenvalue weighted by Gasteiger charge is -2.22. The van der Waals surface area contributed by atoms with Crippen LogP contribution in [0.25, 0.3) is 0 Å². The van der Waals surface area contributed by atoms with Crippen LogP contribution in [0.1, 0.15) is 35.7 Å². The van der Waals surface area contributed by atoms with E-state index in [-0.39, 0.29) is 25.1 Å². The Balaban J connectivity index is 1.47. The van der Waals surface area contributed by atoms with Crippen molar-refractivity contribution in [1.82, 2.24) is 10.2 Å². The molecule has 0 aromatic heterocycles. The molecule has 2 aromatic rings. The van der Waals surface area contributed by atoms with E-state index in [9.17, 15) is 14.4 Å². The minimum absolute atomic E-state index is 0.165. The average Bonchev–Trinajstić information content (AvgIpc) is 3.65. The summed E-state index contributed by atoms with van der Waals surface area (Å²) in [5.41, 5.74) is 1.30. The average molecular weight is 440 g/mol. The second kappa shape index (κ2) is 11.2. The SMILES string of the molecule is CCOc1ccccc1C(=O)NCC(=O)OCC(=O)N(Cc1ccc(OC)cc1)C1CC1. The molecule has 0 radical (unpaired) electrons. The molecule has 0 saturated heterocycles. The largest absolute Gasteiger partial charge is 0.497 e. The van der Waals surface area contributed by atoms with Crippen LogP contribution in [-0.2, 0) is 20.9 Å². The van der Waals surface area contributed by atoms with Crippen LogP contribution in [0.5, 0.6) is 11.5 Å². The van der Waals surface area contributed by atoms with Gasteiger partial charge in [0, 0.05) is 12.6 Å². The molecule has 1 aliphatic rings. The number of hydrogen-bond donors (Lipinski definition) is 1. The molecular weight excluding hydrogens is 412 g/mol. The zero-order valence-electron chi connectivity index (χ0n) is 18.3. The summed E-state index contributed by atoms with van der Waals surface area (Å²) in [6, 6.07) is 14.4. The summed E-state index contributed by atoms with van der Waals surface area (Å²) in [7, 11) is 1.60. The van der Waals surface area contributed by atoms with Gasteiger partial charge in [0.05, 0.1) is 19.3 Å².